The maximum atomic E-state index is 9.83. The van der Waals surface area contributed by atoms with E-state index in [0.29, 0.717) is 17.8 Å². The van der Waals surface area contributed by atoms with Gasteiger partial charge in [-0.3, -0.25) is 0 Å². The molecule has 0 bridgehead atoms. The van der Waals surface area contributed by atoms with Gasteiger partial charge < -0.3 is 15.4 Å². The monoisotopic (exact) mass is 387 g/mol. The average molecular weight is 387 g/mol. The molecule has 5 rings (SSSR count). The first-order valence-corrected chi connectivity index (χ1v) is 10.3. The molecule has 1 aliphatic rings. The van der Waals surface area contributed by atoms with Gasteiger partial charge in [0.2, 0.25) is 0 Å². The van der Waals surface area contributed by atoms with Gasteiger partial charge in [-0.15, -0.1) is 0 Å². The van der Waals surface area contributed by atoms with Crippen LogP contribution in [0.5, 0.6) is 0 Å². The highest BCUT2D eigenvalue weighted by Gasteiger charge is 2.26. The molecule has 29 heavy (non-hydrogen) atoms. The molecule has 4 aromatic rings. The molecule has 3 aromatic heterocycles. The predicted molar refractivity (Wildman–Crippen MR) is 114 cm³/mol. The molecule has 2 unspecified atom stereocenters. The van der Waals surface area contributed by atoms with Crippen molar-refractivity contribution in [3.8, 4) is 0 Å². The number of anilines is 1. The number of aromatic nitrogens is 4. The summed E-state index contributed by atoms with van der Waals surface area (Å²) >= 11 is 0. The third kappa shape index (κ3) is 3.44. The lowest BCUT2D eigenvalue weighted by atomic mass is 9.94. The molecule has 3 N–H and O–H groups in total. The van der Waals surface area contributed by atoms with Crippen LogP contribution in [0.2, 0.25) is 0 Å². The van der Waals surface area contributed by atoms with Gasteiger partial charge >= 0.3 is 0 Å². The number of aliphatic hydroxyl groups excluding tert-OH is 1. The first-order chi connectivity index (χ1) is 14.2. The number of nitrogens with zero attached hydrogens (tertiary/aromatic N) is 4. The molecule has 0 spiro atoms. The van der Waals surface area contributed by atoms with Crippen LogP contribution in [-0.2, 0) is 13.0 Å². The fraction of sp³-hybridized carbons (Fsp3) is 0.348. The number of aryl methyl sites for hydroxylation is 1. The molecule has 148 valence electrons. The Bertz CT molecular complexity index is 1170. The third-order valence-corrected chi connectivity index (χ3v) is 6.31. The quantitative estimate of drug-likeness (QED) is 0.540. The maximum Gasteiger partial charge on any atom is 0.143 e. The lowest BCUT2D eigenvalue weighted by Crippen LogP contribution is -2.06. The lowest BCUT2D eigenvalue weighted by molar-refractivity contribution is 0.280. The Labute approximate surface area is 169 Å². The summed E-state index contributed by atoms with van der Waals surface area (Å²) in [5.41, 5.74) is 9.96. The Balaban J connectivity index is 1.31. The first-order valence-electron chi connectivity index (χ1n) is 10.3. The van der Waals surface area contributed by atoms with Crippen molar-refractivity contribution in [1.82, 2.24) is 19.5 Å². The van der Waals surface area contributed by atoms with E-state index < -0.39 is 0 Å². The highest BCUT2D eigenvalue weighted by Crippen LogP contribution is 2.38. The Kier molecular flexibility index (Phi) is 4.64. The van der Waals surface area contributed by atoms with E-state index >= 15 is 0 Å². The van der Waals surface area contributed by atoms with Gasteiger partial charge in [0.25, 0.3) is 0 Å². The summed E-state index contributed by atoms with van der Waals surface area (Å²) in [6, 6.07) is 10.5. The van der Waals surface area contributed by atoms with Crippen molar-refractivity contribution in [3.63, 3.8) is 0 Å². The second kappa shape index (κ2) is 7.44. The zero-order valence-corrected chi connectivity index (χ0v) is 16.3. The van der Waals surface area contributed by atoms with Crippen molar-refractivity contribution in [2.24, 2.45) is 5.92 Å². The van der Waals surface area contributed by atoms with E-state index in [9.17, 15) is 5.11 Å². The highest BCUT2D eigenvalue weighted by atomic mass is 16.3. The Hall–Kier alpha value is -2.99. The summed E-state index contributed by atoms with van der Waals surface area (Å²) in [5, 5.41) is 12.0. The number of hydrogen-bond acceptors (Lipinski definition) is 5. The van der Waals surface area contributed by atoms with Crippen LogP contribution in [0.1, 0.15) is 42.9 Å². The molecule has 0 aliphatic heterocycles. The number of aliphatic hydroxyl groups is 1. The van der Waals surface area contributed by atoms with Crippen LogP contribution in [0.25, 0.3) is 21.9 Å². The summed E-state index contributed by atoms with van der Waals surface area (Å²) in [7, 11) is 0. The topological polar surface area (TPSA) is 89.8 Å². The van der Waals surface area contributed by atoms with E-state index in [2.05, 4.69) is 37.8 Å². The molecule has 1 saturated carbocycles. The number of benzene rings is 1. The van der Waals surface area contributed by atoms with Gasteiger partial charge in [-0.05, 0) is 79.5 Å². The minimum absolute atomic E-state index is 0.0536. The molecule has 3 heterocycles. The predicted octanol–water partition coefficient (Wildman–Crippen LogP) is 4.03. The van der Waals surface area contributed by atoms with Crippen LogP contribution in [0, 0.1) is 5.92 Å². The largest absolute Gasteiger partial charge is 0.392 e. The molecular formula is C23H25N5O. The average Bonchev–Trinajstić information content (AvgIpc) is 3.38. The molecule has 1 aromatic carbocycles. The van der Waals surface area contributed by atoms with Gasteiger partial charge in [-0.1, -0.05) is 0 Å². The minimum Gasteiger partial charge on any atom is -0.392 e. The normalized spacial score (nSPS) is 19.3. The molecular weight excluding hydrogens is 362 g/mol. The van der Waals surface area contributed by atoms with Crippen molar-refractivity contribution >= 4 is 27.8 Å². The standard InChI is InChI=1S/C23H25N5O/c24-22-6-4-17-10-19(13-29)16(11-21(17)27-22)3-1-15-2-5-20(9-15)28-8-7-18-12-25-14-26-23(18)28/h4,6-8,10-12,14-15,20,29H,1-3,5,9,13H2,(H2,24,27). The van der Waals surface area contributed by atoms with Gasteiger partial charge in [0, 0.05) is 29.2 Å². The Morgan fingerprint density at radius 1 is 1.10 bits per heavy atom. The van der Waals surface area contributed by atoms with E-state index in [4.69, 9.17) is 5.73 Å². The van der Waals surface area contributed by atoms with Gasteiger partial charge in [-0.25, -0.2) is 15.0 Å². The summed E-state index contributed by atoms with van der Waals surface area (Å²) in [5.74, 6) is 1.21. The summed E-state index contributed by atoms with van der Waals surface area (Å²) < 4.78 is 2.32. The molecule has 0 radical (unpaired) electrons. The van der Waals surface area contributed by atoms with E-state index in [-0.39, 0.29) is 6.61 Å². The van der Waals surface area contributed by atoms with Crippen LogP contribution >= 0.6 is 0 Å². The van der Waals surface area contributed by atoms with Crippen molar-refractivity contribution in [1.29, 1.82) is 0 Å². The van der Waals surface area contributed by atoms with Gasteiger partial charge in [-0.2, -0.15) is 0 Å². The number of pyridine rings is 1. The molecule has 6 nitrogen and oxygen atoms in total. The second-order valence-corrected chi connectivity index (χ2v) is 8.10. The summed E-state index contributed by atoms with van der Waals surface area (Å²) in [6.45, 7) is 0.0536. The number of nitrogen functional groups attached to an aromatic ring is 1. The fourth-order valence-corrected chi connectivity index (χ4v) is 4.77. The minimum atomic E-state index is 0.0536. The molecule has 1 aliphatic carbocycles. The number of nitrogens with two attached hydrogens (primary N) is 1. The van der Waals surface area contributed by atoms with Crippen LogP contribution in [0.3, 0.4) is 0 Å². The molecule has 6 heteroatoms. The molecule has 0 saturated heterocycles. The molecule has 1 fully saturated rings. The SMILES string of the molecule is Nc1ccc2cc(CO)c(CCC3CCC(n4ccc5cncnc54)C3)cc2n1. The summed E-state index contributed by atoms with van der Waals surface area (Å²) in [6.07, 6.45) is 11.3. The van der Waals surface area contributed by atoms with Crippen LogP contribution in [-0.4, -0.2) is 24.6 Å². The third-order valence-electron chi connectivity index (χ3n) is 6.31. The van der Waals surface area contributed by atoms with Gasteiger partial charge in [0.1, 0.15) is 17.8 Å². The van der Waals surface area contributed by atoms with E-state index in [1.54, 1.807) is 12.4 Å². The number of fused-ring (bicyclic) bond motifs is 2. The van der Waals surface area contributed by atoms with Crippen LogP contribution in [0.15, 0.2) is 49.1 Å². The molecule has 0 amide bonds. The van der Waals surface area contributed by atoms with Crippen molar-refractivity contribution in [2.75, 3.05) is 5.73 Å². The van der Waals surface area contributed by atoms with Crippen molar-refractivity contribution in [3.05, 3.63) is 60.2 Å². The zero-order valence-electron chi connectivity index (χ0n) is 16.3. The van der Waals surface area contributed by atoms with E-state index in [0.717, 1.165) is 40.3 Å². The van der Waals surface area contributed by atoms with E-state index in [1.165, 1.54) is 24.8 Å². The number of rotatable bonds is 5. The lowest BCUT2D eigenvalue weighted by Gasteiger charge is -2.15. The molecule has 2 atom stereocenters. The number of hydrogen-bond donors (Lipinski definition) is 2. The zero-order chi connectivity index (χ0) is 19.8. The first kappa shape index (κ1) is 18.1. The van der Waals surface area contributed by atoms with Crippen LogP contribution in [0.4, 0.5) is 5.82 Å². The summed E-state index contributed by atoms with van der Waals surface area (Å²) in [4.78, 5) is 13.0. The van der Waals surface area contributed by atoms with Gasteiger partial charge in [0.05, 0.1) is 12.1 Å². The maximum absolute atomic E-state index is 9.83. The fourth-order valence-electron chi connectivity index (χ4n) is 4.77. The van der Waals surface area contributed by atoms with Crippen molar-refractivity contribution in [2.45, 2.75) is 44.8 Å². The second-order valence-electron chi connectivity index (χ2n) is 8.10. The Morgan fingerprint density at radius 2 is 2.03 bits per heavy atom. The van der Waals surface area contributed by atoms with Crippen molar-refractivity contribution < 1.29 is 5.11 Å². The highest BCUT2D eigenvalue weighted by molar-refractivity contribution is 5.81. The Morgan fingerprint density at radius 3 is 2.93 bits per heavy atom. The van der Waals surface area contributed by atoms with E-state index in [1.807, 2.05) is 18.3 Å². The van der Waals surface area contributed by atoms with Crippen LogP contribution < -0.4 is 5.73 Å². The van der Waals surface area contributed by atoms with Gasteiger partial charge in [0.15, 0.2) is 0 Å². The smallest absolute Gasteiger partial charge is 0.143 e.